The Bertz CT molecular complexity index is 1020. The van der Waals surface area contributed by atoms with Crippen molar-refractivity contribution in [1.29, 1.82) is 0 Å². The summed E-state index contributed by atoms with van der Waals surface area (Å²) in [4.78, 5) is 22.3. The van der Waals surface area contributed by atoms with Crippen LogP contribution in [0.25, 0.3) is 10.9 Å². The molecule has 2 aromatic heterocycles. The molecule has 0 aliphatic rings. The third-order valence-corrected chi connectivity index (χ3v) is 4.08. The monoisotopic (exact) mass is 338 g/mol. The molecule has 0 atom stereocenters. The topological polar surface area (TPSA) is 67.4 Å². The van der Waals surface area contributed by atoms with Crippen molar-refractivity contribution in [3.8, 4) is 0 Å². The first-order chi connectivity index (χ1) is 12.0. The number of benzene rings is 1. The van der Waals surface area contributed by atoms with E-state index in [1.165, 1.54) is 14.2 Å². The van der Waals surface area contributed by atoms with Gasteiger partial charge in [0.05, 0.1) is 17.8 Å². The van der Waals surface area contributed by atoms with Gasteiger partial charge in [-0.05, 0) is 31.2 Å². The minimum Gasteiger partial charge on any atom is -0.456 e. The van der Waals surface area contributed by atoms with E-state index < -0.39 is 0 Å². The van der Waals surface area contributed by atoms with Crippen molar-refractivity contribution in [3.63, 3.8) is 0 Å². The number of pyridine rings is 2. The van der Waals surface area contributed by atoms with Crippen molar-refractivity contribution in [1.82, 2.24) is 9.55 Å². The second-order valence-electron chi connectivity index (χ2n) is 5.79. The Labute approximate surface area is 145 Å². The van der Waals surface area contributed by atoms with E-state index in [0.717, 1.165) is 21.6 Å². The van der Waals surface area contributed by atoms with Gasteiger partial charge in [-0.3, -0.25) is 14.6 Å². The molecule has 3 aromatic rings. The average Bonchev–Trinajstić information content (AvgIpc) is 2.63. The summed E-state index contributed by atoms with van der Waals surface area (Å²) in [5.74, 6) is -0.232. The summed E-state index contributed by atoms with van der Waals surface area (Å²) in [7, 11) is 2.96. The minimum absolute atomic E-state index is 0.177. The molecule has 0 radical (unpaired) electrons. The van der Waals surface area contributed by atoms with Crippen LogP contribution in [0.15, 0.2) is 53.5 Å². The Balaban J connectivity index is 2.24. The van der Waals surface area contributed by atoms with Crippen molar-refractivity contribution in [2.45, 2.75) is 13.5 Å². The van der Waals surface area contributed by atoms with Crippen LogP contribution in [0, 0.1) is 6.92 Å². The molecule has 0 fully saturated rings. The van der Waals surface area contributed by atoms with Gasteiger partial charge >= 0.3 is 5.90 Å². The molecule has 6 heteroatoms. The van der Waals surface area contributed by atoms with E-state index in [4.69, 9.17) is 4.84 Å². The highest BCUT2D eigenvalue weighted by Crippen LogP contribution is 2.14. The van der Waals surface area contributed by atoms with Crippen molar-refractivity contribution >= 4 is 16.8 Å². The van der Waals surface area contributed by atoms with Crippen LogP contribution in [-0.2, 0) is 11.4 Å². The highest BCUT2D eigenvalue weighted by molar-refractivity contribution is 5.93. The summed E-state index contributed by atoms with van der Waals surface area (Å²) in [5.41, 5.74) is 2.52. The third-order valence-electron chi connectivity index (χ3n) is 4.08. The van der Waals surface area contributed by atoms with E-state index in [2.05, 4.69) is 4.98 Å². The lowest BCUT2D eigenvalue weighted by Crippen LogP contribution is -2.26. The predicted octanol–water partition coefficient (Wildman–Crippen LogP) is 2.26. The fourth-order valence-electron chi connectivity index (χ4n) is 2.75. The van der Waals surface area contributed by atoms with E-state index in [1.54, 1.807) is 18.3 Å². The average molecular weight is 338 g/mol. The van der Waals surface area contributed by atoms with Crippen LogP contribution in [0.5, 0.6) is 0 Å². The molecule has 0 amide bonds. The summed E-state index contributed by atoms with van der Waals surface area (Å²) >= 11 is 0. The SMILES string of the molecule is CO/[N+](C)=C(\O)c1cn(Cc2cccc(C)n2)c2ccccc2c1=O. The second kappa shape index (κ2) is 6.76. The Hall–Kier alpha value is -3.15. The largest absolute Gasteiger partial charge is 0.456 e. The zero-order valence-electron chi connectivity index (χ0n) is 14.4. The van der Waals surface area contributed by atoms with Crippen LogP contribution in [0.2, 0.25) is 0 Å². The lowest BCUT2D eigenvalue weighted by Gasteiger charge is -2.12. The molecule has 0 aliphatic carbocycles. The van der Waals surface area contributed by atoms with Gasteiger partial charge in [-0.15, -0.1) is 0 Å². The van der Waals surface area contributed by atoms with Crippen molar-refractivity contribution in [3.05, 3.63) is 75.8 Å². The zero-order chi connectivity index (χ0) is 18.0. The molecule has 0 aliphatic heterocycles. The number of aliphatic hydroxyl groups is 1. The molecule has 0 saturated heterocycles. The van der Waals surface area contributed by atoms with E-state index >= 15 is 0 Å². The Morgan fingerprint density at radius 2 is 2.00 bits per heavy atom. The lowest BCUT2D eigenvalue weighted by atomic mass is 10.1. The maximum absolute atomic E-state index is 12.8. The molecule has 0 unspecified atom stereocenters. The van der Waals surface area contributed by atoms with Crippen LogP contribution in [-0.4, -0.2) is 39.5 Å². The summed E-state index contributed by atoms with van der Waals surface area (Å²) in [6.45, 7) is 2.42. The first-order valence-corrected chi connectivity index (χ1v) is 7.90. The van der Waals surface area contributed by atoms with E-state index in [0.29, 0.717) is 11.9 Å². The number of hydroxylamine groups is 1. The number of hydrogen-bond acceptors (Lipinski definition) is 3. The Kier molecular flexibility index (Phi) is 4.52. The second-order valence-corrected chi connectivity index (χ2v) is 5.79. The normalized spacial score (nSPS) is 12.1. The van der Waals surface area contributed by atoms with Gasteiger partial charge < -0.3 is 9.67 Å². The molecular weight excluding hydrogens is 318 g/mol. The summed E-state index contributed by atoms with van der Waals surface area (Å²) < 4.78 is 3.06. The molecule has 2 heterocycles. The molecule has 1 aromatic carbocycles. The molecule has 1 N–H and O–H groups in total. The molecule has 128 valence electrons. The zero-order valence-corrected chi connectivity index (χ0v) is 14.4. The number of para-hydroxylation sites is 1. The van der Waals surface area contributed by atoms with Crippen LogP contribution in [0.4, 0.5) is 0 Å². The molecule has 25 heavy (non-hydrogen) atoms. The number of fused-ring (bicyclic) bond motifs is 1. The molecule has 6 nitrogen and oxygen atoms in total. The molecule has 0 bridgehead atoms. The lowest BCUT2D eigenvalue weighted by molar-refractivity contribution is -0.764. The van der Waals surface area contributed by atoms with Crippen molar-refractivity contribution in [2.24, 2.45) is 0 Å². The van der Waals surface area contributed by atoms with E-state index in [9.17, 15) is 9.90 Å². The van der Waals surface area contributed by atoms with Gasteiger partial charge in [0.1, 0.15) is 7.11 Å². The van der Waals surface area contributed by atoms with Crippen LogP contribution in [0.3, 0.4) is 0 Å². The van der Waals surface area contributed by atoms with Crippen LogP contribution >= 0.6 is 0 Å². The third kappa shape index (κ3) is 3.24. The maximum Gasteiger partial charge on any atom is 0.420 e. The number of nitrogens with zero attached hydrogens (tertiary/aromatic N) is 3. The van der Waals surface area contributed by atoms with E-state index in [-0.39, 0.29) is 16.9 Å². The first kappa shape index (κ1) is 16.7. The minimum atomic E-state index is -0.245. The van der Waals surface area contributed by atoms with Gasteiger partial charge in [0, 0.05) is 22.0 Å². The highest BCUT2D eigenvalue weighted by Gasteiger charge is 2.21. The quantitative estimate of drug-likeness (QED) is 0.343. The van der Waals surface area contributed by atoms with Gasteiger partial charge in [0.2, 0.25) is 5.43 Å². The summed E-state index contributed by atoms with van der Waals surface area (Å²) in [5, 5.41) is 10.9. The van der Waals surface area contributed by atoms with Crippen LogP contribution < -0.4 is 5.43 Å². The Morgan fingerprint density at radius 1 is 1.24 bits per heavy atom. The smallest absolute Gasteiger partial charge is 0.420 e. The van der Waals surface area contributed by atoms with Crippen molar-refractivity contribution in [2.75, 3.05) is 14.2 Å². The number of aromatic nitrogens is 2. The molecular formula is C19H20N3O3+. The van der Waals surface area contributed by atoms with Gasteiger partial charge in [-0.2, -0.15) is 0 Å². The Morgan fingerprint density at radius 3 is 2.72 bits per heavy atom. The van der Waals surface area contributed by atoms with E-state index in [1.807, 2.05) is 41.8 Å². The predicted molar refractivity (Wildman–Crippen MR) is 96.2 cm³/mol. The fraction of sp³-hybridized carbons (Fsp3) is 0.211. The number of hydrogen-bond donors (Lipinski definition) is 1. The molecule has 0 saturated carbocycles. The van der Waals surface area contributed by atoms with Crippen molar-refractivity contribution < 1.29 is 14.7 Å². The van der Waals surface area contributed by atoms with Crippen LogP contribution in [0.1, 0.15) is 17.0 Å². The fourth-order valence-corrected chi connectivity index (χ4v) is 2.75. The van der Waals surface area contributed by atoms with Gasteiger partial charge in [-0.25, -0.2) is 0 Å². The number of aryl methyl sites for hydroxylation is 1. The summed E-state index contributed by atoms with van der Waals surface area (Å²) in [6.07, 6.45) is 1.64. The highest BCUT2D eigenvalue weighted by atomic mass is 16.7. The maximum atomic E-state index is 12.8. The van der Waals surface area contributed by atoms with Gasteiger partial charge in [-0.1, -0.05) is 18.2 Å². The number of rotatable bonds is 4. The summed E-state index contributed by atoms with van der Waals surface area (Å²) in [6, 6.07) is 13.1. The first-order valence-electron chi connectivity index (χ1n) is 7.90. The standard InChI is InChI=1S/C19H19N3O3/c1-13-7-6-8-14(20-13)11-22-12-16(19(24)21(2)25-3)18(23)15-9-4-5-10-17(15)22/h4-10,12H,11H2,1-3H3/p+1. The van der Waals surface area contributed by atoms with Gasteiger partial charge in [0.25, 0.3) is 0 Å². The molecule has 3 rings (SSSR count). The number of aliphatic hydroxyl groups excluding tert-OH is 1. The van der Waals surface area contributed by atoms with Gasteiger partial charge in [0.15, 0.2) is 12.6 Å². The molecule has 0 spiro atoms.